The zero-order chi connectivity index (χ0) is 12.6. The molecule has 94 valence electrons. The smallest absolute Gasteiger partial charge is 0.272 e. The SMILES string of the molecule is CC1OCC(C)(C)N1C(=O)C1=NNC(=O)CC1. The summed E-state index contributed by atoms with van der Waals surface area (Å²) in [4.78, 5) is 25.0. The average Bonchev–Trinajstić information content (AvgIpc) is 2.53. The maximum Gasteiger partial charge on any atom is 0.272 e. The van der Waals surface area contributed by atoms with E-state index in [0.717, 1.165) is 0 Å². The minimum absolute atomic E-state index is 0.147. The standard InChI is InChI=1S/C11H17N3O3/c1-7-14(11(2,3)6-17-7)10(16)8-4-5-9(15)13-12-8/h7H,4-6H2,1-3H3,(H,13,15). The highest BCUT2D eigenvalue weighted by atomic mass is 16.5. The van der Waals surface area contributed by atoms with Gasteiger partial charge in [0, 0.05) is 12.8 Å². The maximum atomic E-state index is 12.3. The monoisotopic (exact) mass is 239 g/mol. The van der Waals surface area contributed by atoms with Crippen LogP contribution in [0.25, 0.3) is 0 Å². The van der Waals surface area contributed by atoms with Crippen LogP contribution in [0.3, 0.4) is 0 Å². The number of hydrazone groups is 1. The van der Waals surface area contributed by atoms with E-state index >= 15 is 0 Å². The number of hydrogen-bond donors (Lipinski definition) is 1. The summed E-state index contributed by atoms with van der Waals surface area (Å²) in [5, 5.41) is 3.83. The highest BCUT2D eigenvalue weighted by molar-refractivity contribution is 6.39. The molecule has 0 aromatic rings. The molecule has 1 fully saturated rings. The van der Waals surface area contributed by atoms with Crippen molar-refractivity contribution in [2.45, 2.75) is 45.4 Å². The highest BCUT2D eigenvalue weighted by Gasteiger charge is 2.43. The third kappa shape index (κ3) is 2.17. The van der Waals surface area contributed by atoms with Gasteiger partial charge >= 0.3 is 0 Å². The molecule has 0 aromatic carbocycles. The molecular weight excluding hydrogens is 222 g/mol. The third-order valence-corrected chi connectivity index (χ3v) is 3.06. The molecule has 2 aliphatic rings. The third-order valence-electron chi connectivity index (χ3n) is 3.06. The fourth-order valence-electron chi connectivity index (χ4n) is 2.17. The molecule has 2 heterocycles. The summed E-state index contributed by atoms with van der Waals surface area (Å²) < 4.78 is 5.48. The Kier molecular flexibility index (Phi) is 2.91. The van der Waals surface area contributed by atoms with Crippen molar-refractivity contribution in [2.75, 3.05) is 6.61 Å². The second-order valence-corrected chi connectivity index (χ2v) is 4.99. The summed E-state index contributed by atoms with van der Waals surface area (Å²) in [5.41, 5.74) is 2.40. The molecule has 6 heteroatoms. The normalized spacial score (nSPS) is 27.7. The van der Waals surface area contributed by atoms with E-state index in [-0.39, 0.29) is 23.6 Å². The van der Waals surface area contributed by atoms with Gasteiger partial charge in [-0.3, -0.25) is 9.59 Å². The first kappa shape index (κ1) is 12.0. The van der Waals surface area contributed by atoms with Gasteiger partial charge in [-0.05, 0) is 20.8 Å². The molecule has 17 heavy (non-hydrogen) atoms. The summed E-state index contributed by atoms with van der Waals surface area (Å²) in [7, 11) is 0. The van der Waals surface area contributed by atoms with E-state index in [1.807, 2.05) is 20.8 Å². The molecule has 1 unspecified atom stereocenters. The fraction of sp³-hybridized carbons (Fsp3) is 0.727. The van der Waals surface area contributed by atoms with Crippen molar-refractivity contribution in [3.8, 4) is 0 Å². The van der Waals surface area contributed by atoms with Crippen LogP contribution in [0.1, 0.15) is 33.6 Å². The number of carbonyl (C=O) groups excluding carboxylic acids is 2. The first-order chi connectivity index (χ1) is 7.92. The van der Waals surface area contributed by atoms with Gasteiger partial charge in [-0.2, -0.15) is 5.10 Å². The summed E-state index contributed by atoms with van der Waals surface area (Å²) in [6.07, 6.45) is 0.454. The fourth-order valence-corrected chi connectivity index (χ4v) is 2.17. The zero-order valence-corrected chi connectivity index (χ0v) is 10.3. The predicted octanol–water partition coefficient (Wildman–Crippen LogP) is 0.236. The summed E-state index contributed by atoms with van der Waals surface area (Å²) in [5.74, 6) is -0.300. The number of ether oxygens (including phenoxy) is 1. The quantitative estimate of drug-likeness (QED) is 0.712. The van der Waals surface area contributed by atoms with Crippen molar-refractivity contribution in [1.29, 1.82) is 0 Å². The first-order valence-corrected chi connectivity index (χ1v) is 5.72. The van der Waals surface area contributed by atoms with Crippen molar-refractivity contribution in [2.24, 2.45) is 5.10 Å². The van der Waals surface area contributed by atoms with Crippen LogP contribution in [-0.2, 0) is 14.3 Å². The lowest BCUT2D eigenvalue weighted by Gasteiger charge is -2.32. The van der Waals surface area contributed by atoms with E-state index in [1.165, 1.54) is 0 Å². The molecule has 0 saturated carbocycles. The minimum Gasteiger partial charge on any atom is -0.356 e. The number of amides is 2. The molecular formula is C11H17N3O3. The van der Waals surface area contributed by atoms with Crippen LogP contribution in [0.4, 0.5) is 0 Å². The van der Waals surface area contributed by atoms with Crippen LogP contribution in [0.15, 0.2) is 5.10 Å². The highest BCUT2D eigenvalue weighted by Crippen LogP contribution is 2.27. The second kappa shape index (κ2) is 4.10. The Hall–Kier alpha value is -1.43. The van der Waals surface area contributed by atoms with Gasteiger partial charge in [0.05, 0.1) is 12.1 Å². The van der Waals surface area contributed by atoms with E-state index in [0.29, 0.717) is 25.2 Å². The van der Waals surface area contributed by atoms with Gasteiger partial charge in [-0.15, -0.1) is 0 Å². The minimum atomic E-state index is -0.333. The zero-order valence-electron chi connectivity index (χ0n) is 10.3. The lowest BCUT2D eigenvalue weighted by atomic mass is 10.0. The Bertz CT molecular complexity index is 389. The number of rotatable bonds is 1. The molecule has 0 radical (unpaired) electrons. The van der Waals surface area contributed by atoms with E-state index in [9.17, 15) is 9.59 Å². The molecule has 2 rings (SSSR count). The van der Waals surface area contributed by atoms with Gasteiger partial charge in [-0.1, -0.05) is 0 Å². The van der Waals surface area contributed by atoms with E-state index in [2.05, 4.69) is 10.5 Å². The van der Waals surface area contributed by atoms with Crippen molar-refractivity contribution >= 4 is 17.5 Å². The van der Waals surface area contributed by atoms with Gasteiger partial charge in [-0.25, -0.2) is 5.43 Å². The average molecular weight is 239 g/mol. The van der Waals surface area contributed by atoms with Gasteiger partial charge in [0.15, 0.2) is 0 Å². The van der Waals surface area contributed by atoms with Crippen LogP contribution in [0.5, 0.6) is 0 Å². The first-order valence-electron chi connectivity index (χ1n) is 5.72. The molecule has 0 aromatic heterocycles. The largest absolute Gasteiger partial charge is 0.356 e. The Labute approximate surface area is 100.0 Å². The molecule has 0 bridgehead atoms. The van der Waals surface area contributed by atoms with Gasteiger partial charge < -0.3 is 9.64 Å². The van der Waals surface area contributed by atoms with Gasteiger partial charge in [0.1, 0.15) is 11.9 Å². The molecule has 0 spiro atoms. The number of hydrogen-bond acceptors (Lipinski definition) is 4. The molecule has 0 aliphatic carbocycles. The van der Waals surface area contributed by atoms with Crippen molar-refractivity contribution < 1.29 is 14.3 Å². The lowest BCUT2D eigenvalue weighted by molar-refractivity contribution is -0.131. The number of nitrogens with zero attached hydrogens (tertiary/aromatic N) is 2. The summed E-state index contributed by atoms with van der Waals surface area (Å²) >= 11 is 0. The van der Waals surface area contributed by atoms with Crippen molar-refractivity contribution in [3.63, 3.8) is 0 Å². The topological polar surface area (TPSA) is 71.0 Å². The van der Waals surface area contributed by atoms with Crippen LogP contribution in [0.2, 0.25) is 0 Å². The van der Waals surface area contributed by atoms with E-state index in [1.54, 1.807) is 4.90 Å². The molecule has 1 saturated heterocycles. The van der Waals surface area contributed by atoms with Crippen LogP contribution < -0.4 is 5.43 Å². The maximum absolute atomic E-state index is 12.3. The molecule has 2 amide bonds. The van der Waals surface area contributed by atoms with Crippen molar-refractivity contribution in [3.05, 3.63) is 0 Å². The Morgan fingerprint density at radius 3 is 2.71 bits per heavy atom. The molecule has 1 N–H and O–H groups in total. The predicted molar refractivity (Wildman–Crippen MR) is 61.2 cm³/mol. The summed E-state index contributed by atoms with van der Waals surface area (Å²) in [6, 6.07) is 0. The van der Waals surface area contributed by atoms with Crippen LogP contribution in [0, 0.1) is 0 Å². The Morgan fingerprint density at radius 1 is 1.53 bits per heavy atom. The molecule has 2 aliphatic heterocycles. The van der Waals surface area contributed by atoms with E-state index < -0.39 is 0 Å². The second-order valence-electron chi connectivity index (χ2n) is 4.99. The van der Waals surface area contributed by atoms with E-state index in [4.69, 9.17) is 4.74 Å². The Balaban J connectivity index is 2.17. The molecule has 1 atom stereocenters. The Morgan fingerprint density at radius 2 is 2.24 bits per heavy atom. The number of nitrogens with one attached hydrogen (secondary N) is 1. The van der Waals surface area contributed by atoms with Gasteiger partial charge in [0.25, 0.3) is 5.91 Å². The lowest BCUT2D eigenvalue weighted by Crippen LogP contribution is -2.51. The van der Waals surface area contributed by atoms with Gasteiger partial charge in [0.2, 0.25) is 5.91 Å². The van der Waals surface area contributed by atoms with Crippen molar-refractivity contribution in [1.82, 2.24) is 10.3 Å². The van der Waals surface area contributed by atoms with Crippen LogP contribution in [-0.4, -0.2) is 40.8 Å². The molecule has 6 nitrogen and oxygen atoms in total. The number of carbonyl (C=O) groups is 2. The van der Waals surface area contributed by atoms with Crippen LogP contribution >= 0.6 is 0 Å². The summed E-state index contributed by atoms with van der Waals surface area (Å²) in [6.45, 7) is 6.26.